The second-order valence-electron chi connectivity index (χ2n) is 13.2. The van der Waals surface area contributed by atoms with Crippen LogP contribution >= 0.6 is 23.2 Å². The molecule has 0 saturated heterocycles. The quantitative estimate of drug-likeness (QED) is 0.0501. The van der Waals surface area contributed by atoms with Gasteiger partial charge in [-0.2, -0.15) is 0 Å². The van der Waals surface area contributed by atoms with Gasteiger partial charge in [-0.1, -0.05) is 35.3 Å². The van der Waals surface area contributed by atoms with Crippen molar-refractivity contribution in [3.8, 4) is 0 Å². The zero-order valence-electron chi connectivity index (χ0n) is 32.3. The van der Waals surface area contributed by atoms with Crippen molar-refractivity contribution in [3.63, 3.8) is 0 Å². The number of rotatable bonds is 16. The van der Waals surface area contributed by atoms with Gasteiger partial charge in [0, 0.05) is 86.3 Å². The van der Waals surface area contributed by atoms with Crippen LogP contribution in [0, 0.1) is 27.7 Å². The predicted octanol–water partition coefficient (Wildman–Crippen LogP) is 5.85. The van der Waals surface area contributed by atoms with Crippen molar-refractivity contribution in [2.45, 2.75) is 53.4 Å². The Bertz CT molecular complexity index is 2140. The molecule has 0 aliphatic carbocycles. The fourth-order valence-corrected chi connectivity index (χ4v) is 5.49. The fourth-order valence-electron chi connectivity index (χ4n) is 5.29. The summed E-state index contributed by atoms with van der Waals surface area (Å²) >= 11 is 11.8. The van der Waals surface area contributed by atoms with Crippen LogP contribution in [0.3, 0.4) is 0 Å². The van der Waals surface area contributed by atoms with Gasteiger partial charge in [-0.3, -0.25) is 29.5 Å². The van der Waals surface area contributed by atoms with E-state index >= 15 is 0 Å². The van der Waals surface area contributed by atoms with E-state index in [1.807, 2.05) is 64.1 Å². The SMILES string of the molecule is Cc1ccc(Cc2cnc(NCCCNc3cnc(Cl)c(C)c3)[nH]c2=O)cn1.Cc1ccc(Cc2cnc(NCCCNc3cnc(Cl)c(C)c3)[nH]c2=O)cn1.O. The monoisotopic (exact) mass is 814 g/mol. The van der Waals surface area contributed by atoms with Gasteiger partial charge in [0.05, 0.1) is 23.8 Å². The topological polar surface area (TPSA) is 223 Å². The molecule has 8 N–H and O–H groups in total. The molecular formula is C40H48Cl2N12O3. The Morgan fingerprint density at radius 1 is 0.526 bits per heavy atom. The van der Waals surface area contributed by atoms with Crippen LogP contribution in [0.1, 0.15) is 57.6 Å². The number of pyridine rings is 4. The second-order valence-corrected chi connectivity index (χ2v) is 13.9. The average Bonchev–Trinajstić information content (AvgIpc) is 3.18. The molecule has 6 aromatic rings. The number of nitrogens with zero attached hydrogens (tertiary/aromatic N) is 6. The summed E-state index contributed by atoms with van der Waals surface area (Å²) in [6, 6.07) is 11.7. The smallest absolute Gasteiger partial charge is 0.255 e. The molecule has 17 heteroatoms. The highest BCUT2D eigenvalue weighted by Gasteiger charge is 2.07. The maximum Gasteiger partial charge on any atom is 0.255 e. The normalized spacial score (nSPS) is 10.5. The summed E-state index contributed by atoms with van der Waals surface area (Å²) in [5.74, 6) is 0.944. The summed E-state index contributed by atoms with van der Waals surface area (Å²) in [7, 11) is 0. The third-order valence-electron chi connectivity index (χ3n) is 8.46. The van der Waals surface area contributed by atoms with Crippen molar-refractivity contribution in [2.24, 2.45) is 0 Å². The van der Waals surface area contributed by atoms with Crippen LogP contribution < -0.4 is 32.4 Å². The molecule has 0 spiro atoms. The molecular weight excluding hydrogens is 767 g/mol. The first-order chi connectivity index (χ1) is 27.0. The Balaban J connectivity index is 0.000000248. The lowest BCUT2D eigenvalue weighted by Crippen LogP contribution is -2.18. The molecule has 0 unspecified atom stereocenters. The zero-order chi connectivity index (χ0) is 39.9. The van der Waals surface area contributed by atoms with Crippen LogP contribution in [0.4, 0.5) is 23.3 Å². The summed E-state index contributed by atoms with van der Waals surface area (Å²) in [5.41, 5.74) is 8.56. The lowest BCUT2D eigenvalue weighted by Gasteiger charge is -2.09. The first-order valence-corrected chi connectivity index (χ1v) is 19.0. The first kappa shape index (κ1) is 43.8. The summed E-state index contributed by atoms with van der Waals surface area (Å²) < 4.78 is 0. The molecule has 0 radical (unpaired) electrons. The molecule has 0 aromatic carbocycles. The average molecular weight is 816 g/mol. The van der Waals surface area contributed by atoms with Crippen LogP contribution in [-0.4, -0.2) is 71.5 Å². The van der Waals surface area contributed by atoms with E-state index in [-0.39, 0.29) is 16.6 Å². The van der Waals surface area contributed by atoms with Crippen molar-refractivity contribution in [2.75, 3.05) is 47.4 Å². The fraction of sp³-hybridized carbons (Fsp3) is 0.300. The molecule has 15 nitrogen and oxygen atoms in total. The van der Waals surface area contributed by atoms with Gasteiger partial charge in [-0.25, -0.2) is 19.9 Å². The molecule has 6 rings (SSSR count). The highest BCUT2D eigenvalue weighted by Crippen LogP contribution is 2.17. The Kier molecular flexibility index (Phi) is 16.9. The minimum atomic E-state index is -0.140. The number of H-pyrrole nitrogens is 2. The number of aromatic nitrogens is 8. The molecule has 6 aromatic heterocycles. The standard InChI is InChI=1S/2C20H23ClN6O.H2O/c2*1-13-8-17(12-25-18(13)21)22-6-3-7-23-20-26-11-16(19(28)27-20)9-15-5-4-14(2)24-10-15;/h2*4-5,8,10-12,22H,3,6-7,9H2,1-2H3,(H2,23,26,27,28);1H2. The number of aromatic amines is 2. The zero-order valence-corrected chi connectivity index (χ0v) is 33.9. The highest BCUT2D eigenvalue weighted by molar-refractivity contribution is 6.30. The van der Waals surface area contributed by atoms with E-state index in [9.17, 15) is 9.59 Å². The Morgan fingerprint density at radius 2 is 0.930 bits per heavy atom. The lowest BCUT2D eigenvalue weighted by molar-refractivity contribution is 0.824. The molecule has 300 valence electrons. The van der Waals surface area contributed by atoms with Crippen LogP contribution in [-0.2, 0) is 12.8 Å². The van der Waals surface area contributed by atoms with Crippen molar-refractivity contribution in [3.05, 3.63) is 149 Å². The van der Waals surface area contributed by atoms with E-state index in [2.05, 4.69) is 61.1 Å². The Morgan fingerprint density at radius 3 is 1.28 bits per heavy atom. The van der Waals surface area contributed by atoms with E-state index in [1.165, 1.54) is 0 Å². The van der Waals surface area contributed by atoms with E-state index in [4.69, 9.17) is 23.2 Å². The number of hydrogen-bond acceptors (Lipinski definition) is 12. The van der Waals surface area contributed by atoms with Gasteiger partial charge in [0.25, 0.3) is 11.1 Å². The van der Waals surface area contributed by atoms with E-state index in [1.54, 1.807) is 37.2 Å². The van der Waals surface area contributed by atoms with Gasteiger partial charge in [0.15, 0.2) is 0 Å². The summed E-state index contributed by atoms with van der Waals surface area (Å²) in [6.45, 7) is 10.6. The molecule has 0 aliphatic heterocycles. The number of hydrogen-bond donors (Lipinski definition) is 6. The van der Waals surface area contributed by atoms with Crippen LogP contribution in [0.25, 0.3) is 0 Å². The summed E-state index contributed by atoms with van der Waals surface area (Å²) in [6.07, 6.45) is 12.9. The van der Waals surface area contributed by atoms with Gasteiger partial charge >= 0.3 is 0 Å². The van der Waals surface area contributed by atoms with Gasteiger partial charge in [-0.05, 0) is 87.1 Å². The highest BCUT2D eigenvalue weighted by atomic mass is 35.5. The second kappa shape index (κ2) is 22.0. The van der Waals surface area contributed by atoms with Crippen molar-refractivity contribution >= 4 is 46.5 Å². The molecule has 0 fully saturated rings. The van der Waals surface area contributed by atoms with Crippen molar-refractivity contribution in [1.82, 2.24) is 39.9 Å². The van der Waals surface area contributed by atoms with Crippen LogP contribution in [0.2, 0.25) is 10.3 Å². The molecule has 57 heavy (non-hydrogen) atoms. The number of aryl methyl sites for hydroxylation is 4. The minimum Gasteiger partial charge on any atom is -0.412 e. The van der Waals surface area contributed by atoms with Crippen LogP contribution in [0.5, 0.6) is 0 Å². The van der Waals surface area contributed by atoms with E-state index in [0.717, 1.165) is 70.9 Å². The van der Waals surface area contributed by atoms with Gasteiger partial charge in [0.2, 0.25) is 11.9 Å². The molecule has 6 heterocycles. The van der Waals surface area contributed by atoms with Gasteiger partial charge < -0.3 is 26.7 Å². The molecule has 0 atom stereocenters. The number of anilines is 4. The van der Waals surface area contributed by atoms with Gasteiger partial charge in [0.1, 0.15) is 10.3 Å². The van der Waals surface area contributed by atoms with E-state index < -0.39 is 0 Å². The lowest BCUT2D eigenvalue weighted by atomic mass is 10.1. The largest absolute Gasteiger partial charge is 0.412 e. The third-order valence-corrected chi connectivity index (χ3v) is 9.25. The van der Waals surface area contributed by atoms with Crippen molar-refractivity contribution in [1.29, 1.82) is 0 Å². The third kappa shape index (κ3) is 14.3. The molecule has 0 amide bonds. The Labute approximate surface area is 340 Å². The van der Waals surface area contributed by atoms with Crippen LogP contribution in [0.15, 0.2) is 83.2 Å². The van der Waals surface area contributed by atoms with E-state index in [0.29, 0.717) is 59.3 Å². The first-order valence-electron chi connectivity index (χ1n) is 18.2. The maximum atomic E-state index is 12.3. The molecule has 0 bridgehead atoms. The predicted molar refractivity (Wildman–Crippen MR) is 228 cm³/mol. The molecule has 0 aliphatic rings. The summed E-state index contributed by atoms with van der Waals surface area (Å²) in [5, 5.41) is 13.9. The van der Waals surface area contributed by atoms with Gasteiger partial charge in [-0.15, -0.1) is 0 Å². The Hall–Kier alpha value is -5.90. The minimum absolute atomic E-state index is 0. The maximum absolute atomic E-state index is 12.3. The van der Waals surface area contributed by atoms with Crippen molar-refractivity contribution < 1.29 is 5.48 Å². The number of nitrogens with one attached hydrogen (secondary N) is 6. The molecule has 0 saturated carbocycles. The number of halogens is 2. The summed E-state index contributed by atoms with van der Waals surface area (Å²) in [4.78, 5) is 55.4.